The average molecular weight is 386 g/mol. The van der Waals surface area contributed by atoms with Gasteiger partial charge in [0.05, 0.1) is 17.7 Å². The van der Waals surface area contributed by atoms with Gasteiger partial charge in [0.1, 0.15) is 18.1 Å². The van der Waals surface area contributed by atoms with Crippen molar-refractivity contribution >= 4 is 38.9 Å². The van der Waals surface area contributed by atoms with E-state index in [9.17, 15) is 14.0 Å². The van der Waals surface area contributed by atoms with Gasteiger partial charge in [-0.1, -0.05) is 18.2 Å². The number of fused-ring (bicyclic) bond motifs is 1. The van der Waals surface area contributed by atoms with E-state index >= 15 is 0 Å². The van der Waals surface area contributed by atoms with Crippen LogP contribution in [-0.4, -0.2) is 36.9 Å². The fourth-order valence-corrected chi connectivity index (χ4v) is 3.77. The first-order chi connectivity index (χ1) is 13.0. The zero-order chi connectivity index (χ0) is 19.4. The van der Waals surface area contributed by atoms with E-state index in [-0.39, 0.29) is 24.2 Å². The molecule has 2 amide bonds. The molecule has 1 heterocycles. The minimum absolute atomic E-state index is 0.107. The number of ether oxygens (including phenoxy) is 1. The molecule has 0 saturated heterocycles. The predicted octanol–water partition coefficient (Wildman–Crippen LogP) is 4.15. The summed E-state index contributed by atoms with van der Waals surface area (Å²) in [6.45, 7) is 2.04. The minimum atomic E-state index is -0.361. The smallest absolute Gasteiger partial charge is 0.264 e. The lowest BCUT2D eigenvalue weighted by Crippen LogP contribution is -2.37. The van der Waals surface area contributed by atoms with E-state index in [1.54, 1.807) is 49.4 Å². The average Bonchev–Trinajstić information content (AvgIpc) is 3.12. The van der Waals surface area contributed by atoms with Crippen molar-refractivity contribution in [1.82, 2.24) is 4.90 Å². The maximum Gasteiger partial charge on any atom is 0.264 e. The van der Waals surface area contributed by atoms with Crippen LogP contribution in [0.5, 0.6) is 5.75 Å². The molecule has 0 aliphatic carbocycles. The molecule has 0 spiro atoms. The second-order valence-electron chi connectivity index (χ2n) is 5.83. The van der Waals surface area contributed by atoms with Crippen molar-refractivity contribution in [3.8, 4) is 5.75 Å². The summed E-state index contributed by atoms with van der Waals surface area (Å²) in [6, 6.07) is 13.3. The number of likely N-dealkylation sites (N-methyl/N-ethyl adjacent to an activating group) is 1. The van der Waals surface area contributed by atoms with Crippen molar-refractivity contribution < 1.29 is 18.7 Å². The Morgan fingerprint density at radius 1 is 1.19 bits per heavy atom. The number of amides is 2. The third kappa shape index (κ3) is 4.09. The fourth-order valence-electron chi connectivity index (χ4n) is 2.72. The maximum absolute atomic E-state index is 13.9. The van der Waals surface area contributed by atoms with Gasteiger partial charge in [0.15, 0.2) is 0 Å². The first kappa shape index (κ1) is 18.8. The van der Waals surface area contributed by atoms with Crippen LogP contribution in [0, 0.1) is 5.82 Å². The number of carbonyl (C=O) groups excluding carboxylic acids is 2. The molecule has 140 valence electrons. The van der Waals surface area contributed by atoms with Crippen molar-refractivity contribution in [2.75, 3.05) is 25.5 Å². The summed E-state index contributed by atoms with van der Waals surface area (Å²) >= 11 is 1.22. The molecule has 0 aliphatic rings. The monoisotopic (exact) mass is 386 g/mol. The Morgan fingerprint density at radius 2 is 1.96 bits per heavy atom. The molecule has 0 saturated carbocycles. The number of methoxy groups -OCH3 is 1. The summed E-state index contributed by atoms with van der Waals surface area (Å²) in [6.07, 6.45) is 0. The van der Waals surface area contributed by atoms with Gasteiger partial charge in [0.2, 0.25) is 5.91 Å². The van der Waals surface area contributed by atoms with Gasteiger partial charge in [-0.2, -0.15) is 0 Å². The van der Waals surface area contributed by atoms with Gasteiger partial charge >= 0.3 is 0 Å². The molecule has 7 heteroatoms. The molecular weight excluding hydrogens is 367 g/mol. The number of para-hydroxylation sites is 2. The van der Waals surface area contributed by atoms with Crippen molar-refractivity contribution in [2.45, 2.75) is 6.92 Å². The Bertz CT molecular complexity index is 986. The highest BCUT2D eigenvalue weighted by molar-refractivity contribution is 7.20. The number of hydrogen-bond acceptors (Lipinski definition) is 4. The molecule has 0 unspecified atom stereocenters. The number of benzene rings is 2. The van der Waals surface area contributed by atoms with Crippen LogP contribution in [0.25, 0.3) is 10.1 Å². The first-order valence-electron chi connectivity index (χ1n) is 8.43. The Morgan fingerprint density at radius 3 is 2.67 bits per heavy atom. The number of carbonyl (C=O) groups is 2. The molecule has 1 aromatic heterocycles. The van der Waals surface area contributed by atoms with Gasteiger partial charge in [-0.25, -0.2) is 4.39 Å². The number of hydrogen-bond donors (Lipinski definition) is 1. The number of nitrogens with zero attached hydrogens (tertiary/aromatic N) is 1. The molecular formula is C20H19FN2O3S. The van der Waals surface area contributed by atoms with Crippen LogP contribution in [0.1, 0.15) is 16.6 Å². The molecule has 27 heavy (non-hydrogen) atoms. The fraction of sp³-hybridized carbons (Fsp3) is 0.200. The molecule has 3 aromatic rings. The highest BCUT2D eigenvalue weighted by Crippen LogP contribution is 2.28. The molecule has 3 rings (SSSR count). The summed E-state index contributed by atoms with van der Waals surface area (Å²) in [5.41, 5.74) is 0.539. The molecule has 0 radical (unpaired) electrons. The number of thiophene rings is 1. The van der Waals surface area contributed by atoms with E-state index in [1.165, 1.54) is 29.4 Å². The van der Waals surface area contributed by atoms with Crippen molar-refractivity contribution in [2.24, 2.45) is 0 Å². The summed E-state index contributed by atoms with van der Waals surface area (Å²) in [7, 11) is 1.52. The second-order valence-corrected chi connectivity index (χ2v) is 6.91. The highest BCUT2D eigenvalue weighted by Gasteiger charge is 2.20. The largest absolute Gasteiger partial charge is 0.495 e. The van der Waals surface area contributed by atoms with Gasteiger partial charge in [-0.3, -0.25) is 9.59 Å². The standard InChI is InChI=1S/C20H19FN2O3S/c1-3-23(12-19(24)22-15-8-4-5-9-16(15)26-2)20(25)18-11-13-14(21)7-6-10-17(13)27-18/h4-11H,3,12H2,1-2H3,(H,22,24). The first-order valence-corrected chi connectivity index (χ1v) is 9.25. The van der Waals surface area contributed by atoms with E-state index in [2.05, 4.69) is 5.32 Å². The minimum Gasteiger partial charge on any atom is -0.495 e. The van der Waals surface area contributed by atoms with Crippen LogP contribution in [-0.2, 0) is 4.79 Å². The molecule has 5 nitrogen and oxygen atoms in total. The van der Waals surface area contributed by atoms with E-state index in [0.29, 0.717) is 32.9 Å². The SMILES string of the molecule is CCN(CC(=O)Nc1ccccc1OC)C(=O)c1cc2c(F)cccc2s1. The Kier molecular flexibility index (Phi) is 5.71. The van der Waals surface area contributed by atoms with E-state index < -0.39 is 0 Å². The quantitative estimate of drug-likeness (QED) is 0.692. The van der Waals surface area contributed by atoms with Crippen molar-refractivity contribution in [3.63, 3.8) is 0 Å². The molecule has 2 aromatic carbocycles. The van der Waals surface area contributed by atoms with Gasteiger partial charge in [0, 0.05) is 16.6 Å². The van der Waals surface area contributed by atoms with Crippen LogP contribution in [0.2, 0.25) is 0 Å². The Hall–Kier alpha value is -2.93. The number of halogens is 1. The summed E-state index contributed by atoms with van der Waals surface area (Å²) in [5.74, 6) is -0.449. The van der Waals surface area contributed by atoms with Crippen molar-refractivity contribution in [3.05, 3.63) is 59.2 Å². The summed E-state index contributed by atoms with van der Waals surface area (Å²) < 4.78 is 19.8. The molecule has 0 bridgehead atoms. The van der Waals surface area contributed by atoms with Gasteiger partial charge in [-0.15, -0.1) is 11.3 Å². The zero-order valence-electron chi connectivity index (χ0n) is 15.0. The van der Waals surface area contributed by atoms with Crippen LogP contribution < -0.4 is 10.1 Å². The lowest BCUT2D eigenvalue weighted by molar-refractivity contribution is -0.116. The third-order valence-corrected chi connectivity index (χ3v) is 5.19. The van der Waals surface area contributed by atoms with Crippen LogP contribution >= 0.6 is 11.3 Å². The second kappa shape index (κ2) is 8.18. The van der Waals surface area contributed by atoms with Crippen LogP contribution in [0.15, 0.2) is 48.5 Å². The van der Waals surface area contributed by atoms with Crippen LogP contribution in [0.3, 0.4) is 0 Å². The van der Waals surface area contributed by atoms with E-state index in [4.69, 9.17) is 4.74 Å². The van der Waals surface area contributed by atoms with Gasteiger partial charge < -0.3 is 15.0 Å². The molecule has 0 fully saturated rings. The number of nitrogens with one attached hydrogen (secondary N) is 1. The number of anilines is 1. The lowest BCUT2D eigenvalue weighted by Gasteiger charge is -2.20. The molecule has 0 aliphatic heterocycles. The third-order valence-electron chi connectivity index (χ3n) is 4.10. The van der Waals surface area contributed by atoms with Crippen LogP contribution in [0.4, 0.5) is 10.1 Å². The summed E-state index contributed by atoms with van der Waals surface area (Å²) in [5, 5.41) is 3.17. The topological polar surface area (TPSA) is 58.6 Å². The van der Waals surface area contributed by atoms with E-state index in [0.717, 1.165) is 0 Å². The van der Waals surface area contributed by atoms with Gasteiger partial charge in [-0.05, 0) is 37.3 Å². The molecule has 0 atom stereocenters. The zero-order valence-corrected chi connectivity index (χ0v) is 15.8. The predicted molar refractivity (Wildman–Crippen MR) is 105 cm³/mol. The summed E-state index contributed by atoms with van der Waals surface area (Å²) in [4.78, 5) is 27.0. The maximum atomic E-state index is 13.9. The number of rotatable bonds is 6. The highest BCUT2D eigenvalue weighted by atomic mass is 32.1. The molecule has 1 N–H and O–H groups in total. The van der Waals surface area contributed by atoms with Crippen molar-refractivity contribution in [1.29, 1.82) is 0 Å². The lowest BCUT2D eigenvalue weighted by atomic mass is 10.2. The van der Waals surface area contributed by atoms with Gasteiger partial charge in [0.25, 0.3) is 5.91 Å². The van der Waals surface area contributed by atoms with E-state index in [1.807, 2.05) is 0 Å². The Balaban J connectivity index is 1.74. The Labute approximate surface area is 160 Å². The normalized spacial score (nSPS) is 10.6.